The van der Waals surface area contributed by atoms with E-state index in [2.05, 4.69) is 241 Å². The molecule has 14 rings (SSSR count). The molecule has 0 spiro atoms. The minimum atomic E-state index is 0.429. The van der Waals surface area contributed by atoms with Crippen molar-refractivity contribution in [1.82, 2.24) is 4.57 Å². The lowest BCUT2D eigenvalue weighted by Gasteiger charge is -2.70. The van der Waals surface area contributed by atoms with Gasteiger partial charge in [0.15, 0.2) is 0 Å². The summed E-state index contributed by atoms with van der Waals surface area (Å²) in [6.45, 7) is 2.49. The first-order chi connectivity index (χ1) is 33.5. The predicted molar refractivity (Wildman–Crippen MR) is 287 cm³/mol. The smallest absolute Gasteiger partial charge is 0.0547 e. The van der Waals surface area contributed by atoms with Crippen LogP contribution in [0.25, 0.3) is 82.4 Å². The molecular weight excluding hydrogens is 821 g/mol. The number of aromatic nitrogens is 1. The Morgan fingerprint density at radius 3 is 1.66 bits per heavy atom. The SMILES string of the molecule is C[C@H]1C[C@H]2C[C@H]3CC(c4ccc(-c5ccc(N(c6ccc(-c7cccc(-n8c9ccccc9c9c%10ccccc%10ccc98)c7)cc6)c6ccc(-c7ccc8ccccc8c7)cc6)cc5)cc4)(C1)C23. The third kappa shape index (κ3) is 6.23. The Morgan fingerprint density at radius 1 is 0.412 bits per heavy atom. The van der Waals surface area contributed by atoms with Crippen molar-refractivity contribution in [3.8, 4) is 39.1 Å². The number of nitrogens with zero attached hydrogens (tertiary/aromatic N) is 2. The molecule has 10 aromatic carbocycles. The lowest BCUT2D eigenvalue weighted by Crippen LogP contribution is -2.65. The molecule has 2 unspecified atom stereocenters. The van der Waals surface area contributed by atoms with Gasteiger partial charge in [-0.25, -0.2) is 0 Å². The molecule has 326 valence electrons. The van der Waals surface area contributed by atoms with Gasteiger partial charge in [-0.3, -0.25) is 0 Å². The average molecular weight is 873 g/mol. The summed E-state index contributed by atoms with van der Waals surface area (Å²) in [5.41, 5.74) is 16.3. The van der Waals surface area contributed by atoms with Gasteiger partial charge in [0.1, 0.15) is 0 Å². The van der Waals surface area contributed by atoms with Crippen molar-refractivity contribution in [3.05, 3.63) is 230 Å². The highest BCUT2D eigenvalue weighted by Crippen LogP contribution is 2.71. The molecule has 0 aliphatic heterocycles. The van der Waals surface area contributed by atoms with E-state index in [0.29, 0.717) is 5.41 Å². The standard InChI is InChI=1S/C66H52N2/c1-43-37-53-39-54-42-66(41-43,65(53)54)55-28-19-45(20-29-55)46-21-30-56(31-22-46)67(58-34-25-48(26-35-58)52-18-17-44-9-2-3-11-50(44)38-52)57-32-23-47(24-33-57)51-12-8-13-59(40-51)68-62-16-7-6-15-61(62)64-60-14-5-4-10-49(60)27-36-63(64)68/h2-36,38,40,43,53-54,65H,37,39,41-42H2,1H3/t43-,53-,54-,65?,66?/m0/s1. The highest BCUT2D eigenvalue weighted by Gasteiger charge is 2.65. The van der Waals surface area contributed by atoms with E-state index in [1.54, 1.807) is 5.56 Å². The van der Waals surface area contributed by atoms with Gasteiger partial charge in [0.25, 0.3) is 0 Å². The molecule has 0 saturated heterocycles. The Labute approximate surface area is 398 Å². The molecule has 0 bridgehead atoms. The zero-order valence-electron chi connectivity index (χ0n) is 38.4. The first-order valence-corrected chi connectivity index (χ1v) is 24.8. The summed E-state index contributed by atoms with van der Waals surface area (Å²) in [5, 5.41) is 7.64. The second-order valence-corrected chi connectivity index (χ2v) is 20.4. The molecule has 2 nitrogen and oxygen atoms in total. The number of hydrogen-bond donors (Lipinski definition) is 0. The van der Waals surface area contributed by atoms with Crippen molar-refractivity contribution in [2.24, 2.45) is 23.7 Å². The molecule has 3 fully saturated rings. The van der Waals surface area contributed by atoms with E-state index in [4.69, 9.17) is 0 Å². The summed E-state index contributed by atoms with van der Waals surface area (Å²) < 4.78 is 2.43. The van der Waals surface area contributed by atoms with Crippen LogP contribution in [0.4, 0.5) is 17.1 Å². The van der Waals surface area contributed by atoms with Crippen LogP contribution < -0.4 is 4.90 Å². The van der Waals surface area contributed by atoms with Gasteiger partial charge in [0, 0.05) is 33.5 Å². The third-order valence-corrected chi connectivity index (χ3v) is 16.6. The lowest BCUT2D eigenvalue weighted by molar-refractivity contribution is -0.159. The molecule has 3 aliphatic rings. The maximum Gasteiger partial charge on any atom is 0.0547 e. The molecular formula is C66H52N2. The first kappa shape index (κ1) is 39.5. The molecule has 0 N–H and O–H groups in total. The summed E-state index contributed by atoms with van der Waals surface area (Å²) >= 11 is 0. The van der Waals surface area contributed by atoms with E-state index in [-0.39, 0.29) is 0 Å². The average Bonchev–Trinajstić information content (AvgIpc) is 3.73. The first-order valence-electron chi connectivity index (χ1n) is 24.8. The third-order valence-electron chi connectivity index (χ3n) is 16.6. The van der Waals surface area contributed by atoms with Crippen LogP contribution in [0.1, 0.15) is 38.2 Å². The number of hydrogen-bond acceptors (Lipinski definition) is 1. The van der Waals surface area contributed by atoms with Crippen molar-refractivity contribution < 1.29 is 0 Å². The van der Waals surface area contributed by atoms with Gasteiger partial charge in [0.2, 0.25) is 0 Å². The lowest BCUT2D eigenvalue weighted by atomic mass is 9.34. The van der Waals surface area contributed by atoms with Crippen molar-refractivity contribution in [2.75, 3.05) is 4.90 Å². The Morgan fingerprint density at radius 2 is 0.971 bits per heavy atom. The Hall–Kier alpha value is -7.68. The summed E-state index contributed by atoms with van der Waals surface area (Å²) in [5.74, 6) is 3.72. The van der Waals surface area contributed by atoms with Gasteiger partial charge in [-0.05, 0) is 182 Å². The fourth-order valence-electron chi connectivity index (χ4n) is 13.6. The monoisotopic (exact) mass is 872 g/mol. The Balaban J connectivity index is 0.805. The number of fused-ring (bicyclic) bond motifs is 6. The summed E-state index contributed by atoms with van der Waals surface area (Å²) in [4.78, 5) is 2.39. The molecule has 68 heavy (non-hydrogen) atoms. The Bertz CT molecular complexity index is 3710. The van der Waals surface area contributed by atoms with Crippen LogP contribution in [0.5, 0.6) is 0 Å². The maximum atomic E-state index is 2.49. The van der Waals surface area contributed by atoms with Gasteiger partial charge in [-0.1, -0.05) is 165 Å². The largest absolute Gasteiger partial charge is 0.311 e. The second-order valence-electron chi connectivity index (χ2n) is 20.4. The van der Waals surface area contributed by atoms with Gasteiger partial charge >= 0.3 is 0 Å². The van der Waals surface area contributed by atoms with E-state index in [9.17, 15) is 0 Å². The van der Waals surface area contributed by atoms with E-state index in [1.807, 2.05) is 0 Å². The number of para-hydroxylation sites is 1. The van der Waals surface area contributed by atoms with Crippen molar-refractivity contribution in [3.63, 3.8) is 0 Å². The van der Waals surface area contributed by atoms with Crippen LogP contribution >= 0.6 is 0 Å². The molecule has 0 radical (unpaired) electrons. The van der Waals surface area contributed by atoms with Crippen LogP contribution in [-0.4, -0.2) is 4.57 Å². The zero-order chi connectivity index (χ0) is 44.9. The Kier molecular flexibility index (Phi) is 8.96. The molecule has 1 aromatic heterocycles. The van der Waals surface area contributed by atoms with Gasteiger partial charge in [0.05, 0.1) is 11.0 Å². The quantitative estimate of drug-likeness (QED) is 0.148. The minimum Gasteiger partial charge on any atom is -0.311 e. The van der Waals surface area contributed by atoms with Gasteiger partial charge in [-0.15, -0.1) is 0 Å². The molecule has 11 aromatic rings. The highest BCUT2D eigenvalue weighted by molar-refractivity contribution is 6.21. The molecule has 1 heterocycles. The molecule has 5 atom stereocenters. The van der Waals surface area contributed by atoms with E-state index >= 15 is 0 Å². The van der Waals surface area contributed by atoms with Crippen LogP contribution in [0.2, 0.25) is 0 Å². The van der Waals surface area contributed by atoms with Crippen LogP contribution in [0.3, 0.4) is 0 Å². The topological polar surface area (TPSA) is 8.17 Å². The summed E-state index contributed by atoms with van der Waals surface area (Å²) in [7, 11) is 0. The normalized spacial score (nSPS) is 20.5. The molecule has 3 aliphatic carbocycles. The zero-order valence-corrected chi connectivity index (χ0v) is 38.4. The van der Waals surface area contributed by atoms with E-state index in [0.717, 1.165) is 46.4 Å². The van der Waals surface area contributed by atoms with Gasteiger partial charge in [-0.2, -0.15) is 0 Å². The van der Waals surface area contributed by atoms with Crippen LogP contribution in [-0.2, 0) is 5.41 Å². The number of rotatable bonds is 8. The summed E-state index contributed by atoms with van der Waals surface area (Å²) in [6.07, 6.45) is 5.69. The molecule has 3 saturated carbocycles. The van der Waals surface area contributed by atoms with E-state index in [1.165, 1.54) is 102 Å². The summed E-state index contributed by atoms with van der Waals surface area (Å²) in [6, 6.07) is 83.6. The highest BCUT2D eigenvalue weighted by atomic mass is 15.1. The van der Waals surface area contributed by atoms with Crippen molar-refractivity contribution in [1.29, 1.82) is 0 Å². The van der Waals surface area contributed by atoms with Gasteiger partial charge < -0.3 is 9.47 Å². The maximum absolute atomic E-state index is 2.49. The molecule has 0 amide bonds. The van der Waals surface area contributed by atoms with Crippen molar-refractivity contribution in [2.45, 2.75) is 38.0 Å². The van der Waals surface area contributed by atoms with Crippen LogP contribution in [0, 0.1) is 23.7 Å². The van der Waals surface area contributed by atoms with Crippen LogP contribution in [0.15, 0.2) is 224 Å². The number of benzene rings is 10. The number of anilines is 3. The minimum absolute atomic E-state index is 0.429. The fraction of sp³-hybridized carbons (Fsp3) is 0.152. The van der Waals surface area contributed by atoms with Crippen molar-refractivity contribution >= 4 is 60.4 Å². The van der Waals surface area contributed by atoms with E-state index < -0.39 is 0 Å². The molecule has 2 heteroatoms. The predicted octanol–water partition coefficient (Wildman–Crippen LogP) is 17.9. The fourth-order valence-corrected chi connectivity index (χ4v) is 13.6. The second kappa shape index (κ2) is 15.4.